The molecule has 2 bridgehead atoms. The normalized spacial score (nSPS) is 21.8. The van der Waals surface area contributed by atoms with Gasteiger partial charge in [-0.15, -0.1) is 0 Å². The van der Waals surface area contributed by atoms with Crippen molar-refractivity contribution in [2.24, 2.45) is 0 Å². The summed E-state index contributed by atoms with van der Waals surface area (Å²) in [7, 11) is 3.13. The first-order valence-electron chi connectivity index (χ1n) is 23.3. The van der Waals surface area contributed by atoms with Crippen molar-refractivity contribution in [2.45, 2.75) is 115 Å². The van der Waals surface area contributed by atoms with Crippen LogP contribution in [0.5, 0.6) is 17.5 Å². The minimum Gasteiger partial charge on any atom is -0.497 e. The number of aryl methyl sites for hydroxylation is 1. The van der Waals surface area contributed by atoms with Gasteiger partial charge in [0.15, 0.2) is 5.82 Å². The first-order valence-corrected chi connectivity index (χ1v) is 23.3. The van der Waals surface area contributed by atoms with Gasteiger partial charge in [-0.3, -0.25) is 4.90 Å². The summed E-state index contributed by atoms with van der Waals surface area (Å²) >= 11 is 0. The summed E-state index contributed by atoms with van der Waals surface area (Å²) in [6, 6.07) is 18.4. The Bertz CT molecular complexity index is 2600. The number of nitrogens with zero attached hydrogens (tertiary/aromatic N) is 7. The van der Waals surface area contributed by atoms with Crippen molar-refractivity contribution < 1.29 is 45.7 Å². The van der Waals surface area contributed by atoms with Crippen LogP contribution in [0.15, 0.2) is 66.7 Å². The van der Waals surface area contributed by atoms with E-state index in [2.05, 4.69) is 9.88 Å². The maximum atomic E-state index is 17.8. The Hall–Kier alpha value is -5.97. The fourth-order valence-corrected chi connectivity index (χ4v) is 10.6. The minimum atomic E-state index is -4.92. The van der Waals surface area contributed by atoms with E-state index in [0.717, 1.165) is 30.5 Å². The number of amides is 1. The average Bonchev–Trinajstić information content (AvgIpc) is 3.92. The van der Waals surface area contributed by atoms with Gasteiger partial charge in [0, 0.05) is 56.1 Å². The van der Waals surface area contributed by atoms with E-state index in [4.69, 9.17) is 28.9 Å². The van der Waals surface area contributed by atoms with Crippen LogP contribution in [0.1, 0.15) is 81.5 Å². The number of carbonyl (C=O) groups excluding carboxylic acids is 1. The zero-order chi connectivity index (χ0) is 48.1. The minimum absolute atomic E-state index is 0.0516. The fourth-order valence-electron chi connectivity index (χ4n) is 10.6. The van der Waals surface area contributed by atoms with Gasteiger partial charge in [-0.25, -0.2) is 18.6 Å². The monoisotopic (exact) mass is 943 g/mol. The van der Waals surface area contributed by atoms with Crippen molar-refractivity contribution in [1.29, 1.82) is 0 Å². The molecule has 2 aromatic heterocycles. The van der Waals surface area contributed by atoms with Gasteiger partial charge in [0.1, 0.15) is 47.0 Å². The molecule has 5 aromatic rings. The van der Waals surface area contributed by atoms with Gasteiger partial charge in [0.25, 0.3) is 0 Å². The van der Waals surface area contributed by atoms with Crippen molar-refractivity contribution in [2.75, 3.05) is 56.8 Å². The molecular weight excluding hydrogens is 886 g/mol. The molecule has 0 N–H and O–H groups in total. The molecule has 4 saturated heterocycles. The van der Waals surface area contributed by atoms with Gasteiger partial charge in [0.05, 0.1) is 37.1 Å². The SMILES string of the molecule is COc1ccc(CN(Cc2ccc(OC)cc2)c2cc(C)c(C(F)(F)F)c(-c3ccc4c(N5CC[C@H]6CC[C@@H](C5)N6C(=O)OC(C)(C)C)nc(OC[C@@]56CCCN5C[C@H](F)C6)nc4c3F)n2)cc1. The lowest BCUT2D eigenvalue weighted by atomic mass is 9.95. The molecule has 4 aliphatic rings. The van der Waals surface area contributed by atoms with Gasteiger partial charge in [0.2, 0.25) is 0 Å². The first kappa shape index (κ1) is 47.1. The highest BCUT2D eigenvalue weighted by molar-refractivity contribution is 5.94. The highest BCUT2D eigenvalue weighted by atomic mass is 19.4. The second-order valence-electron chi connectivity index (χ2n) is 19.6. The number of anilines is 2. The zero-order valence-electron chi connectivity index (χ0n) is 39.3. The molecule has 362 valence electrons. The molecule has 9 rings (SSSR count). The Labute approximate surface area is 393 Å². The van der Waals surface area contributed by atoms with E-state index in [9.17, 15) is 9.18 Å². The molecule has 68 heavy (non-hydrogen) atoms. The highest BCUT2D eigenvalue weighted by Crippen LogP contribution is 2.45. The van der Waals surface area contributed by atoms with Crippen LogP contribution in [0.25, 0.3) is 22.2 Å². The van der Waals surface area contributed by atoms with E-state index in [-0.39, 0.29) is 66.5 Å². The predicted octanol–water partition coefficient (Wildman–Crippen LogP) is 10.3. The van der Waals surface area contributed by atoms with E-state index < -0.39 is 52.2 Å². The summed E-state index contributed by atoms with van der Waals surface area (Å²) in [4.78, 5) is 35.4. The fraction of sp³-hybridized carbons (Fsp3) is 0.490. The van der Waals surface area contributed by atoms with Gasteiger partial charge in [-0.1, -0.05) is 24.3 Å². The standard InChI is InChI=1S/C51H58F5N7O5/c1-31-24-41(61(26-32-8-14-37(65-5)15-9-32)27-33-10-16-38(66-6)17-11-33)57-44(42(31)51(54,55)56)39-18-19-40-45(43(39)53)58-47(67-30-50-21-7-22-62(50)28-34(52)25-50)59-46(40)60-23-20-35-12-13-36(29-60)63(35)48(64)68-49(2,3)4/h8-11,14-19,24,34-36H,7,12-13,20-23,25-30H2,1-6H3/t34-,35-,36+,50+/m1/s1. The number of fused-ring (bicyclic) bond motifs is 4. The maximum Gasteiger partial charge on any atom is 0.418 e. The Morgan fingerprint density at radius 3 is 2.15 bits per heavy atom. The average molecular weight is 944 g/mol. The van der Waals surface area contributed by atoms with Crippen molar-refractivity contribution in [3.63, 3.8) is 0 Å². The van der Waals surface area contributed by atoms with E-state index in [1.54, 1.807) is 49.5 Å². The third kappa shape index (κ3) is 9.55. The molecule has 3 aromatic carbocycles. The molecule has 0 unspecified atom stereocenters. The number of hydrogen-bond acceptors (Lipinski definition) is 11. The third-order valence-corrected chi connectivity index (χ3v) is 13.8. The van der Waals surface area contributed by atoms with Crippen LogP contribution in [0.4, 0.5) is 38.4 Å². The summed E-state index contributed by atoms with van der Waals surface area (Å²) in [6.45, 7) is 9.16. The Morgan fingerprint density at radius 2 is 1.51 bits per heavy atom. The molecule has 0 saturated carbocycles. The van der Waals surface area contributed by atoms with Crippen LogP contribution in [0.3, 0.4) is 0 Å². The molecule has 17 heteroatoms. The summed E-state index contributed by atoms with van der Waals surface area (Å²) in [5.74, 6) is 0.778. The van der Waals surface area contributed by atoms with E-state index >= 15 is 17.6 Å². The summed E-state index contributed by atoms with van der Waals surface area (Å²) in [5.41, 5.74) is -2.07. The van der Waals surface area contributed by atoms with Crippen LogP contribution < -0.4 is 24.0 Å². The number of halogens is 5. The Morgan fingerprint density at radius 1 is 0.853 bits per heavy atom. The number of carbonyl (C=O) groups is 1. The molecule has 0 aliphatic carbocycles. The van der Waals surface area contributed by atoms with Crippen LogP contribution in [0.2, 0.25) is 0 Å². The second-order valence-corrected chi connectivity index (χ2v) is 19.6. The summed E-state index contributed by atoms with van der Waals surface area (Å²) < 4.78 is 102. The number of pyridine rings is 1. The second kappa shape index (κ2) is 18.5. The molecule has 1 amide bonds. The number of hydrogen-bond donors (Lipinski definition) is 0. The van der Waals surface area contributed by atoms with E-state index in [1.807, 2.05) is 54.8 Å². The van der Waals surface area contributed by atoms with Crippen LogP contribution in [0, 0.1) is 12.7 Å². The maximum absolute atomic E-state index is 17.8. The third-order valence-electron chi connectivity index (χ3n) is 13.8. The van der Waals surface area contributed by atoms with Crippen molar-refractivity contribution >= 4 is 28.6 Å². The molecule has 4 fully saturated rings. The number of aromatic nitrogens is 3. The highest BCUT2D eigenvalue weighted by Gasteiger charge is 2.50. The van der Waals surface area contributed by atoms with Gasteiger partial charge < -0.3 is 33.6 Å². The molecule has 12 nitrogen and oxygen atoms in total. The van der Waals surface area contributed by atoms with E-state index in [1.165, 1.54) is 19.1 Å². The first-order chi connectivity index (χ1) is 32.4. The Kier molecular flexibility index (Phi) is 12.8. The van der Waals surface area contributed by atoms with Gasteiger partial charge in [-0.05, 0) is 125 Å². The van der Waals surface area contributed by atoms with Crippen LogP contribution in [-0.2, 0) is 24.0 Å². The van der Waals surface area contributed by atoms with Crippen molar-refractivity contribution in [1.82, 2.24) is 24.8 Å². The van der Waals surface area contributed by atoms with Gasteiger partial charge >= 0.3 is 18.3 Å². The molecule has 0 radical (unpaired) electrons. The smallest absolute Gasteiger partial charge is 0.418 e. The lowest BCUT2D eigenvalue weighted by Gasteiger charge is -2.32. The molecule has 6 heterocycles. The predicted molar refractivity (Wildman–Crippen MR) is 249 cm³/mol. The molecular formula is C51H58F5N7O5. The largest absolute Gasteiger partial charge is 0.497 e. The van der Waals surface area contributed by atoms with Crippen LogP contribution in [-0.4, -0.2) is 107 Å². The van der Waals surface area contributed by atoms with Crippen molar-refractivity contribution in [3.05, 3.63) is 94.8 Å². The topological polar surface area (TPSA) is 106 Å². The van der Waals surface area contributed by atoms with Crippen LogP contribution >= 0.6 is 0 Å². The lowest BCUT2D eigenvalue weighted by Crippen LogP contribution is -2.45. The molecule has 4 atom stereocenters. The van der Waals surface area contributed by atoms with E-state index in [0.29, 0.717) is 56.2 Å². The number of methoxy groups -OCH3 is 2. The number of rotatable bonds is 12. The molecule has 0 spiro atoms. The Balaban J connectivity index is 1.15. The lowest BCUT2D eigenvalue weighted by molar-refractivity contribution is -0.137. The van der Waals surface area contributed by atoms with Crippen molar-refractivity contribution in [3.8, 4) is 28.8 Å². The number of alkyl halides is 4. The zero-order valence-corrected chi connectivity index (χ0v) is 39.3. The number of benzene rings is 3. The molecule has 4 aliphatic heterocycles. The number of ether oxygens (including phenoxy) is 4. The van der Waals surface area contributed by atoms with Gasteiger partial charge in [-0.2, -0.15) is 23.1 Å². The summed E-state index contributed by atoms with van der Waals surface area (Å²) in [6.07, 6.45) is -2.41. The summed E-state index contributed by atoms with van der Waals surface area (Å²) in [5, 5.41) is 0.257. The quantitative estimate of drug-likeness (QED) is 0.112.